The monoisotopic (exact) mass is 301 g/mol. The fourth-order valence-electron chi connectivity index (χ4n) is 2.29. The second kappa shape index (κ2) is 7.12. The van der Waals surface area contributed by atoms with Crippen molar-refractivity contribution >= 4 is 11.8 Å². The Morgan fingerprint density at radius 1 is 1.10 bits per heavy atom. The lowest BCUT2D eigenvalue weighted by Gasteiger charge is -2.27. The summed E-state index contributed by atoms with van der Waals surface area (Å²) in [4.78, 5) is 1.29. The molecule has 0 radical (unpaired) electrons. The molecule has 0 spiro atoms. The molecule has 21 heavy (non-hydrogen) atoms. The fraction of sp³-hybridized carbons (Fsp3) is 0.333. The quantitative estimate of drug-likeness (QED) is 0.801. The molecule has 0 heterocycles. The van der Waals surface area contributed by atoms with E-state index in [1.54, 1.807) is 0 Å². The summed E-state index contributed by atoms with van der Waals surface area (Å²) in [5.74, 6) is 0.885. The number of aliphatic hydroxyl groups is 1. The van der Waals surface area contributed by atoms with Gasteiger partial charge in [0.25, 0.3) is 0 Å². The summed E-state index contributed by atoms with van der Waals surface area (Å²) < 4.78 is 0. The first-order valence-corrected chi connectivity index (χ1v) is 8.19. The van der Waals surface area contributed by atoms with Crippen molar-refractivity contribution in [3.05, 3.63) is 65.2 Å². The number of benzene rings is 2. The average Bonchev–Trinajstić information content (AvgIpc) is 2.51. The molecular formula is C18H23NOS. The summed E-state index contributed by atoms with van der Waals surface area (Å²) in [5, 5.41) is 9.70. The van der Waals surface area contributed by atoms with Gasteiger partial charge >= 0.3 is 0 Å². The molecule has 3 N–H and O–H groups in total. The number of aliphatic hydroxyl groups excluding tert-OH is 1. The third-order valence-corrected chi connectivity index (χ3v) is 4.94. The summed E-state index contributed by atoms with van der Waals surface area (Å²) >= 11 is 1.81. The van der Waals surface area contributed by atoms with Crippen LogP contribution in [-0.2, 0) is 5.54 Å². The molecule has 0 fully saturated rings. The highest BCUT2D eigenvalue weighted by Gasteiger charge is 2.25. The van der Waals surface area contributed by atoms with Gasteiger partial charge in [0.15, 0.2) is 0 Å². The molecule has 0 bridgehead atoms. The molecule has 0 aliphatic heterocycles. The molecule has 0 aromatic heterocycles. The van der Waals surface area contributed by atoms with Crippen molar-refractivity contribution in [1.82, 2.24) is 0 Å². The van der Waals surface area contributed by atoms with Gasteiger partial charge in [-0.3, -0.25) is 0 Å². The molecule has 2 aromatic carbocycles. The van der Waals surface area contributed by atoms with Gasteiger partial charge in [0.2, 0.25) is 0 Å². The fourth-order valence-corrected chi connectivity index (χ4v) is 3.54. The second-order valence-corrected chi connectivity index (χ2v) is 6.68. The largest absolute Gasteiger partial charge is 0.394 e. The van der Waals surface area contributed by atoms with E-state index in [-0.39, 0.29) is 6.61 Å². The number of hydrogen-bond acceptors (Lipinski definition) is 3. The maximum absolute atomic E-state index is 9.70. The van der Waals surface area contributed by atoms with Gasteiger partial charge in [0, 0.05) is 10.6 Å². The van der Waals surface area contributed by atoms with Gasteiger partial charge in [-0.05, 0) is 37.5 Å². The van der Waals surface area contributed by atoms with Crippen molar-refractivity contribution in [1.29, 1.82) is 0 Å². The molecule has 3 heteroatoms. The van der Waals surface area contributed by atoms with E-state index >= 15 is 0 Å². The predicted octanol–water partition coefficient (Wildman–Crippen LogP) is 3.63. The minimum Gasteiger partial charge on any atom is -0.394 e. The Balaban J connectivity index is 2.02. The van der Waals surface area contributed by atoms with Gasteiger partial charge in [0.1, 0.15) is 0 Å². The lowest BCUT2D eigenvalue weighted by Crippen LogP contribution is -2.41. The summed E-state index contributed by atoms with van der Waals surface area (Å²) in [6.07, 6.45) is 0.742. The molecule has 2 rings (SSSR count). The summed E-state index contributed by atoms with van der Waals surface area (Å²) in [6.45, 7) is 4.19. The van der Waals surface area contributed by atoms with Crippen LogP contribution in [0.4, 0.5) is 0 Å². The third kappa shape index (κ3) is 4.10. The number of rotatable bonds is 6. The molecule has 0 amide bonds. The zero-order valence-electron chi connectivity index (χ0n) is 12.7. The molecule has 0 aliphatic rings. The first-order valence-electron chi connectivity index (χ1n) is 7.20. The first kappa shape index (κ1) is 16.1. The van der Waals surface area contributed by atoms with Gasteiger partial charge in [-0.25, -0.2) is 0 Å². The predicted molar refractivity (Wildman–Crippen MR) is 90.7 cm³/mol. The Bertz CT molecular complexity index is 585. The van der Waals surface area contributed by atoms with Crippen LogP contribution in [0.1, 0.15) is 23.1 Å². The van der Waals surface area contributed by atoms with E-state index in [9.17, 15) is 5.11 Å². The van der Waals surface area contributed by atoms with Gasteiger partial charge < -0.3 is 10.8 Å². The van der Waals surface area contributed by atoms with Crippen LogP contribution in [-0.4, -0.2) is 17.5 Å². The molecule has 112 valence electrons. The van der Waals surface area contributed by atoms with Crippen LogP contribution in [0, 0.1) is 13.8 Å². The maximum Gasteiger partial charge on any atom is 0.0653 e. The van der Waals surface area contributed by atoms with Crippen molar-refractivity contribution in [3.63, 3.8) is 0 Å². The van der Waals surface area contributed by atoms with Crippen molar-refractivity contribution in [2.75, 3.05) is 12.4 Å². The smallest absolute Gasteiger partial charge is 0.0653 e. The van der Waals surface area contributed by atoms with Gasteiger partial charge in [-0.15, -0.1) is 11.8 Å². The molecular weight excluding hydrogens is 278 g/mol. The number of hydrogen-bond donors (Lipinski definition) is 2. The molecule has 2 aromatic rings. The lowest BCUT2D eigenvalue weighted by molar-refractivity contribution is 0.193. The van der Waals surface area contributed by atoms with E-state index in [4.69, 9.17) is 5.73 Å². The minimum atomic E-state index is -0.661. The van der Waals surface area contributed by atoms with Crippen LogP contribution in [0.5, 0.6) is 0 Å². The van der Waals surface area contributed by atoms with Crippen LogP contribution in [0.15, 0.2) is 53.4 Å². The second-order valence-electron chi connectivity index (χ2n) is 5.55. The molecule has 2 nitrogen and oxygen atoms in total. The number of aryl methyl sites for hydroxylation is 2. The van der Waals surface area contributed by atoms with E-state index < -0.39 is 5.54 Å². The minimum absolute atomic E-state index is 0.0373. The van der Waals surface area contributed by atoms with Crippen LogP contribution >= 0.6 is 11.8 Å². The van der Waals surface area contributed by atoms with Crippen LogP contribution < -0.4 is 5.73 Å². The van der Waals surface area contributed by atoms with Crippen LogP contribution in [0.25, 0.3) is 0 Å². The van der Waals surface area contributed by atoms with Crippen molar-refractivity contribution in [2.24, 2.45) is 5.73 Å². The Hall–Kier alpha value is -1.29. The molecule has 0 aliphatic carbocycles. The van der Waals surface area contributed by atoms with E-state index in [1.807, 2.05) is 42.1 Å². The van der Waals surface area contributed by atoms with Crippen molar-refractivity contribution < 1.29 is 5.11 Å². The molecule has 0 saturated carbocycles. The van der Waals surface area contributed by atoms with Gasteiger partial charge in [-0.2, -0.15) is 0 Å². The lowest BCUT2D eigenvalue weighted by atomic mass is 9.89. The van der Waals surface area contributed by atoms with Gasteiger partial charge in [-0.1, -0.05) is 48.0 Å². The Labute approximate surface area is 131 Å². The summed E-state index contributed by atoms with van der Waals surface area (Å²) in [7, 11) is 0. The first-order chi connectivity index (χ1) is 10.0. The third-order valence-electron chi connectivity index (χ3n) is 3.78. The van der Waals surface area contributed by atoms with E-state index in [2.05, 4.69) is 32.0 Å². The number of nitrogens with two attached hydrogens (primary N) is 1. The van der Waals surface area contributed by atoms with Crippen LogP contribution in [0.2, 0.25) is 0 Å². The maximum atomic E-state index is 9.70. The molecule has 1 atom stereocenters. The summed E-state index contributed by atoms with van der Waals surface area (Å²) in [6, 6.07) is 16.3. The highest BCUT2D eigenvalue weighted by atomic mass is 32.2. The zero-order valence-corrected chi connectivity index (χ0v) is 13.5. The molecule has 0 saturated heterocycles. The van der Waals surface area contributed by atoms with Gasteiger partial charge in [0.05, 0.1) is 12.1 Å². The SMILES string of the molecule is Cc1ccc(C)c(SCCC(N)(CO)c2ccccc2)c1. The Morgan fingerprint density at radius 3 is 2.48 bits per heavy atom. The Morgan fingerprint density at radius 2 is 1.81 bits per heavy atom. The Kier molecular flexibility index (Phi) is 5.45. The van der Waals surface area contributed by atoms with Crippen molar-refractivity contribution in [3.8, 4) is 0 Å². The van der Waals surface area contributed by atoms with E-state index in [0.29, 0.717) is 0 Å². The molecule has 1 unspecified atom stereocenters. The number of thioether (sulfide) groups is 1. The summed E-state index contributed by atoms with van der Waals surface area (Å²) in [5.41, 5.74) is 9.28. The van der Waals surface area contributed by atoms with E-state index in [1.165, 1.54) is 16.0 Å². The normalized spacial score (nSPS) is 13.9. The topological polar surface area (TPSA) is 46.2 Å². The highest BCUT2D eigenvalue weighted by Crippen LogP contribution is 2.29. The standard InChI is InChI=1S/C18H23NOS/c1-14-8-9-15(2)17(12-14)21-11-10-18(19,13-20)16-6-4-3-5-7-16/h3-9,12,20H,10-11,13,19H2,1-2H3. The van der Waals surface area contributed by atoms with E-state index in [0.717, 1.165) is 17.7 Å². The zero-order chi connectivity index (χ0) is 15.3. The van der Waals surface area contributed by atoms with Crippen LogP contribution in [0.3, 0.4) is 0 Å². The average molecular weight is 301 g/mol. The highest BCUT2D eigenvalue weighted by molar-refractivity contribution is 7.99. The van der Waals surface area contributed by atoms with Crippen molar-refractivity contribution in [2.45, 2.75) is 30.7 Å².